The molecule has 5 rings (SSSR count). The van der Waals surface area contributed by atoms with Crippen LogP contribution in [0.5, 0.6) is 34.5 Å². The normalized spacial score (nSPS) is 14.9. The van der Waals surface area contributed by atoms with Crippen molar-refractivity contribution in [3.8, 4) is 45.8 Å². The highest BCUT2D eigenvalue weighted by molar-refractivity contribution is 5.93. The van der Waals surface area contributed by atoms with E-state index in [0.717, 1.165) is 0 Å². The number of rotatable bonds is 4. The van der Waals surface area contributed by atoms with Gasteiger partial charge in [0.25, 0.3) is 0 Å². The Morgan fingerprint density at radius 2 is 1.57 bits per heavy atom. The van der Waals surface area contributed by atoms with Crippen LogP contribution in [0.3, 0.4) is 0 Å². The number of aromatic hydroxyl groups is 3. The van der Waals surface area contributed by atoms with Crippen molar-refractivity contribution in [2.45, 2.75) is 12.3 Å². The van der Waals surface area contributed by atoms with Crippen molar-refractivity contribution in [3.63, 3.8) is 0 Å². The molecule has 0 saturated heterocycles. The number of methoxy groups -OCH3 is 2. The van der Waals surface area contributed by atoms with E-state index in [0.29, 0.717) is 16.7 Å². The Bertz CT molecular complexity index is 1510. The van der Waals surface area contributed by atoms with Crippen molar-refractivity contribution in [2.24, 2.45) is 0 Å². The largest absolute Gasteiger partial charge is 0.508 e. The van der Waals surface area contributed by atoms with Crippen LogP contribution in [0.25, 0.3) is 22.3 Å². The monoisotopic (exact) mass is 476 g/mol. The van der Waals surface area contributed by atoms with Gasteiger partial charge in [-0.2, -0.15) is 0 Å². The average Bonchev–Trinajstić information content (AvgIpc) is 2.83. The molecule has 0 bridgehead atoms. The van der Waals surface area contributed by atoms with Crippen LogP contribution < -0.4 is 19.6 Å². The van der Waals surface area contributed by atoms with E-state index >= 15 is 0 Å². The summed E-state index contributed by atoms with van der Waals surface area (Å²) >= 11 is 0. The molecule has 3 aromatic carbocycles. The quantitative estimate of drug-likeness (QED) is 0.295. The zero-order valence-corrected chi connectivity index (χ0v) is 18.7. The Labute approximate surface area is 198 Å². The maximum Gasteiger partial charge on any atom is 0.312 e. The Balaban J connectivity index is 1.81. The fourth-order valence-electron chi connectivity index (χ4n) is 4.33. The number of phenolic OH excluding ortho intramolecular Hbond substituents is 3. The summed E-state index contributed by atoms with van der Waals surface area (Å²) in [6, 6.07) is 11.7. The van der Waals surface area contributed by atoms with Crippen LogP contribution in [0.15, 0.2) is 57.7 Å². The lowest BCUT2D eigenvalue weighted by molar-refractivity contribution is -0.135. The highest BCUT2D eigenvalue weighted by Gasteiger charge is 2.34. The molecular formula is C26H20O9. The van der Waals surface area contributed by atoms with Crippen LogP contribution in [0.2, 0.25) is 0 Å². The number of hydrogen-bond acceptors (Lipinski definition) is 9. The minimum Gasteiger partial charge on any atom is -0.508 e. The van der Waals surface area contributed by atoms with Gasteiger partial charge in [-0.3, -0.25) is 9.59 Å². The number of carbonyl (C=O) groups is 1. The molecule has 0 amide bonds. The fourth-order valence-corrected chi connectivity index (χ4v) is 4.33. The van der Waals surface area contributed by atoms with E-state index in [-0.39, 0.29) is 57.6 Å². The van der Waals surface area contributed by atoms with Crippen molar-refractivity contribution in [2.75, 3.05) is 14.2 Å². The lowest BCUT2D eigenvalue weighted by Crippen LogP contribution is -2.22. The van der Waals surface area contributed by atoms with Crippen LogP contribution >= 0.6 is 0 Å². The second kappa shape index (κ2) is 8.28. The highest BCUT2D eigenvalue weighted by Crippen LogP contribution is 2.48. The van der Waals surface area contributed by atoms with E-state index < -0.39 is 17.3 Å². The molecule has 1 aromatic heterocycles. The minimum absolute atomic E-state index is 0.0493. The molecule has 35 heavy (non-hydrogen) atoms. The van der Waals surface area contributed by atoms with E-state index in [1.165, 1.54) is 38.5 Å². The molecule has 178 valence electrons. The van der Waals surface area contributed by atoms with Gasteiger partial charge in [0.15, 0.2) is 16.9 Å². The fraction of sp³-hybridized carbons (Fsp3) is 0.154. The molecule has 0 aliphatic carbocycles. The zero-order valence-electron chi connectivity index (χ0n) is 18.7. The van der Waals surface area contributed by atoms with Gasteiger partial charge in [0.1, 0.15) is 34.0 Å². The summed E-state index contributed by atoms with van der Waals surface area (Å²) in [6.07, 6.45) is -0.100. The van der Waals surface area contributed by atoms with E-state index in [1.54, 1.807) is 24.3 Å². The molecule has 9 nitrogen and oxygen atoms in total. The molecule has 1 atom stereocenters. The molecule has 3 N–H and O–H groups in total. The molecule has 1 aliphatic heterocycles. The average molecular weight is 476 g/mol. The number of fused-ring (bicyclic) bond motifs is 3. The third-order valence-electron chi connectivity index (χ3n) is 5.98. The van der Waals surface area contributed by atoms with Crippen LogP contribution in [-0.2, 0) is 4.79 Å². The summed E-state index contributed by atoms with van der Waals surface area (Å²) < 4.78 is 22.1. The molecule has 2 heterocycles. The maximum atomic E-state index is 13.0. The van der Waals surface area contributed by atoms with E-state index in [1.807, 2.05) is 0 Å². The topological polar surface area (TPSA) is 136 Å². The molecule has 0 radical (unpaired) electrons. The molecule has 9 heteroatoms. The smallest absolute Gasteiger partial charge is 0.312 e. The summed E-state index contributed by atoms with van der Waals surface area (Å²) in [5.41, 5.74) is 1.01. The van der Waals surface area contributed by atoms with Crippen LogP contribution in [0, 0.1) is 0 Å². The van der Waals surface area contributed by atoms with Gasteiger partial charge in [0.05, 0.1) is 20.6 Å². The van der Waals surface area contributed by atoms with Crippen LogP contribution in [-0.4, -0.2) is 35.5 Å². The number of phenols is 3. The standard InChI is InChI=1S/C26H20O9/c1-32-20-7-13(8-21(33-2)25(20)31)15-9-22(30)34-19-11-17(29)24-16(28)10-18(35-26(24)23(15)19)12-3-5-14(27)6-4-12/h3-8,10-11,15,27,29,31H,9H2,1-2H3/t15-/m1/s1. The number of hydrogen-bond donors (Lipinski definition) is 3. The second-order valence-electron chi connectivity index (χ2n) is 8.04. The van der Waals surface area contributed by atoms with Gasteiger partial charge in [-0.25, -0.2) is 0 Å². The van der Waals surface area contributed by atoms with Crippen LogP contribution in [0.4, 0.5) is 0 Å². The summed E-state index contributed by atoms with van der Waals surface area (Å²) in [5, 5.41) is 30.5. The van der Waals surface area contributed by atoms with Gasteiger partial charge in [-0.05, 0) is 42.0 Å². The number of benzene rings is 3. The summed E-state index contributed by atoms with van der Waals surface area (Å²) in [4.78, 5) is 25.5. The molecule has 0 unspecified atom stereocenters. The van der Waals surface area contributed by atoms with Gasteiger partial charge in [-0.15, -0.1) is 0 Å². The van der Waals surface area contributed by atoms with E-state index in [4.69, 9.17) is 18.6 Å². The third kappa shape index (κ3) is 3.67. The minimum atomic E-state index is -0.670. The second-order valence-corrected chi connectivity index (χ2v) is 8.04. The number of ether oxygens (including phenoxy) is 3. The zero-order chi connectivity index (χ0) is 24.9. The first-order valence-corrected chi connectivity index (χ1v) is 10.6. The molecule has 0 spiro atoms. The van der Waals surface area contributed by atoms with Crippen LogP contribution in [0.1, 0.15) is 23.5 Å². The summed E-state index contributed by atoms with van der Waals surface area (Å²) in [7, 11) is 2.77. The Hall–Kier alpha value is -4.66. The first kappa shape index (κ1) is 22.1. The molecule has 1 aliphatic rings. The Morgan fingerprint density at radius 3 is 2.20 bits per heavy atom. The Morgan fingerprint density at radius 1 is 0.914 bits per heavy atom. The van der Waals surface area contributed by atoms with Crippen molar-refractivity contribution < 1.29 is 38.7 Å². The lowest BCUT2D eigenvalue weighted by Gasteiger charge is -2.26. The third-order valence-corrected chi connectivity index (χ3v) is 5.98. The first-order valence-electron chi connectivity index (χ1n) is 10.6. The SMILES string of the molecule is COc1cc([C@H]2CC(=O)Oc3cc(O)c4c(=O)cc(-c5ccc(O)cc5)oc4c32)cc(OC)c1O. The summed E-state index contributed by atoms with van der Waals surface area (Å²) in [5.74, 6) is -1.24. The molecule has 0 fully saturated rings. The van der Waals surface area contributed by atoms with Gasteiger partial charge in [0.2, 0.25) is 5.75 Å². The predicted molar refractivity (Wildman–Crippen MR) is 125 cm³/mol. The maximum absolute atomic E-state index is 13.0. The van der Waals surface area contributed by atoms with Gasteiger partial charge < -0.3 is 33.9 Å². The predicted octanol–water partition coefficient (Wildman–Crippen LogP) is 4.04. The lowest BCUT2D eigenvalue weighted by atomic mass is 9.84. The van der Waals surface area contributed by atoms with Gasteiger partial charge in [-0.1, -0.05) is 0 Å². The highest BCUT2D eigenvalue weighted by atomic mass is 16.5. The van der Waals surface area contributed by atoms with Crippen molar-refractivity contribution >= 4 is 16.9 Å². The molecule has 0 saturated carbocycles. The van der Waals surface area contributed by atoms with Crippen molar-refractivity contribution in [1.29, 1.82) is 0 Å². The molecule has 4 aromatic rings. The number of carbonyl (C=O) groups excluding carboxylic acids is 1. The van der Waals surface area contributed by atoms with Gasteiger partial charge >= 0.3 is 5.97 Å². The van der Waals surface area contributed by atoms with Gasteiger partial charge in [0, 0.05) is 29.2 Å². The molecular weight excluding hydrogens is 456 g/mol. The summed E-state index contributed by atoms with van der Waals surface area (Å²) in [6.45, 7) is 0. The van der Waals surface area contributed by atoms with E-state index in [2.05, 4.69) is 0 Å². The van der Waals surface area contributed by atoms with Crippen molar-refractivity contribution in [3.05, 3.63) is 69.9 Å². The Kier molecular flexibility index (Phi) is 5.24. The van der Waals surface area contributed by atoms with E-state index in [9.17, 15) is 24.9 Å². The van der Waals surface area contributed by atoms with Crippen molar-refractivity contribution in [1.82, 2.24) is 0 Å². The number of esters is 1. The first-order chi connectivity index (χ1) is 16.8.